The van der Waals surface area contributed by atoms with E-state index in [0.717, 1.165) is 17.0 Å². The van der Waals surface area contributed by atoms with Crippen LogP contribution >= 0.6 is 0 Å². The highest BCUT2D eigenvalue weighted by atomic mass is 15.1. The average Bonchev–Trinajstić information content (AvgIpc) is 2.94. The Morgan fingerprint density at radius 2 is 1.59 bits per heavy atom. The van der Waals surface area contributed by atoms with Gasteiger partial charge in [-0.05, 0) is 6.07 Å². The van der Waals surface area contributed by atoms with E-state index in [1.807, 2.05) is 36.7 Å². The van der Waals surface area contributed by atoms with Gasteiger partial charge in [-0.3, -0.25) is 0 Å². The molecule has 0 saturated heterocycles. The minimum Gasteiger partial charge on any atom is -0.366 e. The molecule has 0 atom stereocenters. The molecule has 0 amide bonds. The summed E-state index contributed by atoms with van der Waals surface area (Å²) in [7, 11) is 0. The van der Waals surface area contributed by atoms with Gasteiger partial charge in [-0.2, -0.15) is 0 Å². The molecule has 0 fully saturated rings. The van der Waals surface area contributed by atoms with Crippen molar-refractivity contribution in [2.45, 2.75) is 6.17 Å². The Balaban J connectivity index is 2.05. The van der Waals surface area contributed by atoms with Gasteiger partial charge in [-0.25, -0.2) is 9.97 Å². The van der Waals surface area contributed by atoms with E-state index >= 15 is 0 Å². The molecule has 0 unspecified atom stereocenters. The number of nitrogens with zero attached hydrogens (tertiary/aromatic N) is 2. The van der Waals surface area contributed by atoms with Crippen molar-refractivity contribution in [1.82, 2.24) is 20.6 Å². The number of hydrogen-bond acceptors (Lipinski definition) is 4. The molecule has 1 aromatic carbocycles. The third-order valence-electron chi connectivity index (χ3n) is 2.69. The zero-order valence-electron chi connectivity index (χ0n) is 9.17. The zero-order valence-corrected chi connectivity index (χ0v) is 9.17. The van der Waals surface area contributed by atoms with Gasteiger partial charge in [0.25, 0.3) is 0 Å². The van der Waals surface area contributed by atoms with E-state index in [9.17, 15) is 0 Å². The molecule has 0 radical (unpaired) electrons. The van der Waals surface area contributed by atoms with E-state index in [2.05, 4.69) is 26.7 Å². The topological polar surface area (TPSA) is 49.8 Å². The minimum absolute atomic E-state index is 0.0926. The summed E-state index contributed by atoms with van der Waals surface area (Å²) in [5, 5.41) is 6.47. The van der Waals surface area contributed by atoms with Crippen LogP contribution in [0.25, 0.3) is 11.4 Å². The SMILES string of the molecule is C1=CNC(c2ccccc2-c2ncccn2)N1. The van der Waals surface area contributed by atoms with Crippen molar-refractivity contribution in [2.75, 3.05) is 0 Å². The van der Waals surface area contributed by atoms with Crippen molar-refractivity contribution in [3.63, 3.8) is 0 Å². The largest absolute Gasteiger partial charge is 0.366 e. The molecule has 0 spiro atoms. The van der Waals surface area contributed by atoms with Crippen LogP contribution in [-0.4, -0.2) is 9.97 Å². The second-order valence-corrected chi connectivity index (χ2v) is 3.76. The van der Waals surface area contributed by atoms with Crippen LogP contribution < -0.4 is 10.6 Å². The first kappa shape index (κ1) is 9.84. The van der Waals surface area contributed by atoms with Gasteiger partial charge < -0.3 is 10.6 Å². The summed E-state index contributed by atoms with van der Waals surface area (Å²) in [6.07, 6.45) is 7.40. The molecule has 1 aromatic heterocycles. The van der Waals surface area contributed by atoms with Gasteiger partial charge in [0, 0.05) is 35.9 Å². The lowest BCUT2D eigenvalue weighted by Gasteiger charge is -2.16. The molecule has 3 rings (SSSR count). The molecule has 1 aliphatic heterocycles. The number of benzene rings is 1. The molecule has 17 heavy (non-hydrogen) atoms. The Bertz CT molecular complexity index is 528. The summed E-state index contributed by atoms with van der Waals surface area (Å²) in [6.45, 7) is 0. The predicted molar refractivity (Wildman–Crippen MR) is 65.6 cm³/mol. The van der Waals surface area contributed by atoms with Crippen LogP contribution in [0.15, 0.2) is 55.1 Å². The lowest BCUT2D eigenvalue weighted by Crippen LogP contribution is -2.21. The molecular formula is C13H12N4. The van der Waals surface area contributed by atoms with Gasteiger partial charge in [-0.15, -0.1) is 0 Å². The predicted octanol–water partition coefficient (Wildman–Crippen LogP) is 1.81. The number of aromatic nitrogens is 2. The molecule has 84 valence electrons. The molecule has 4 heteroatoms. The van der Waals surface area contributed by atoms with Gasteiger partial charge >= 0.3 is 0 Å². The maximum atomic E-state index is 4.29. The van der Waals surface area contributed by atoms with Crippen molar-refractivity contribution in [2.24, 2.45) is 0 Å². The second kappa shape index (κ2) is 4.25. The highest BCUT2D eigenvalue weighted by molar-refractivity contribution is 5.60. The van der Waals surface area contributed by atoms with Gasteiger partial charge in [0.15, 0.2) is 5.82 Å². The number of rotatable bonds is 2. The Kier molecular flexibility index (Phi) is 2.46. The Morgan fingerprint density at radius 3 is 2.35 bits per heavy atom. The van der Waals surface area contributed by atoms with Gasteiger partial charge in [0.2, 0.25) is 0 Å². The fourth-order valence-electron chi connectivity index (χ4n) is 1.91. The quantitative estimate of drug-likeness (QED) is 0.816. The van der Waals surface area contributed by atoms with E-state index in [4.69, 9.17) is 0 Å². The van der Waals surface area contributed by atoms with Gasteiger partial charge in [0.05, 0.1) is 0 Å². The Morgan fingerprint density at radius 1 is 0.882 bits per heavy atom. The van der Waals surface area contributed by atoms with Gasteiger partial charge in [-0.1, -0.05) is 24.3 Å². The van der Waals surface area contributed by atoms with E-state index < -0.39 is 0 Å². The maximum absolute atomic E-state index is 4.29. The van der Waals surface area contributed by atoms with Crippen molar-refractivity contribution in [1.29, 1.82) is 0 Å². The van der Waals surface area contributed by atoms with Crippen molar-refractivity contribution < 1.29 is 0 Å². The van der Waals surface area contributed by atoms with Crippen LogP contribution in [0.2, 0.25) is 0 Å². The van der Waals surface area contributed by atoms with Crippen molar-refractivity contribution >= 4 is 0 Å². The first-order valence-electron chi connectivity index (χ1n) is 5.48. The molecule has 4 nitrogen and oxygen atoms in total. The van der Waals surface area contributed by atoms with Gasteiger partial charge in [0.1, 0.15) is 6.17 Å². The van der Waals surface area contributed by atoms with Crippen LogP contribution in [-0.2, 0) is 0 Å². The maximum Gasteiger partial charge on any atom is 0.159 e. The van der Waals surface area contributed by atoms with E-state index in [-0.39, 0.29) is 6.17 Å². The molecule has 2 aromatic rings. The lowest BCUT2D eigenvalue weighted by atomic mass is 10.0. The third kappa shape index (κ3) is 1.85. The van der Waals surface area contributed by atoms with Crippen molar-refractivity contribution in [3.8, 4) is 11.4 Å². The number of hydrogen-bond donors (Lipinski definition) is 2. The Labute approximate surface area is 99.4 Å². The molecule has 0 saturated carbocycles. The molecular weight excluding hydrogens is 212 g/mol. The van der Waals surface area contributed by atoms with Crippen LogP contribution in [0, 0.1) is 0 Å². The first-order chi connectivity index (χ1) is 8.45. The molecule has 2 heterocycles. The summed E-state index contributed by atoms with van der Waals surface area (Å²) >= 11 is 0. The van der Waals surface area contributed by atoms with E-state index in [1.54, 1.807) is 12.4 Å². The summed E-state index contributed by atoms with van der Waals surface area (Å²) in [5.41, 5.74) is 2.19. The standard InChI is InChI=1S/C13H12N4/c1-2-5-11(13-16-8-9-17-13)10(4-1)12-14-6-3-7-15-12/h1-9,13,16-17H. The average molecular weight is 224 g/mol. The summed E-state index contributed by atoms with van der Waals surface area (Å²) in [5.74, 6) is 0.749. The molecule has 2 N–H and O–H groups in total. The smallest absolute Gasteiger partial charge is 0.159 e. The zero-order chi connectivity index (χ0) is 11.5. The Hall–Kier alpha value is -2.36. The molecule has 0 bridgehead atoms. The third-order valence-corrected chi connectivity index (χ3v) is 2.69. The molecule has 1 aliphatic rings. The summed E-state index contributed by atoms with van der Waals surface area (Å²) < 4.78 is 0. The fourth-order valence-corrected chi connectivity index (χ4v) is 1.91. The first-order valence-corrected chi connectivity index (χ1v) is 5.48. The minimum atomic E-state index is 0.0926. The van der Waals surface area contributed by atoms with E-state index in [1.165, 1.54) is 0 Å². The fraction of sp³-hybridized carbons (Fsp3) is 0.0769. The van der Waals surface area contributed by atoms with Crippen LogP contribution in [0.5, 0.6) is 0 Å². The van der Waals surface area contributed by atoms with Crippen LogP contribution in [0.4, 0.5) is 0 Å². The van der Waals surface area contributed by atoms with E-state index in [0.29, 0.717) is 0 Å². The normalized spacial score (nSPS) is 14.4. The van der Waals surface area contributed by atoms with Crippen LogP contribution in [0.3, 0.4) is 0 Å². The summed E-state index contributed by atoms with van der Waals surface area (Å²) in [4.78, 5) is 8.59. The second-order valence-electron chi connectivity index (χ2n) is 3.76. The lowest BCUT2D eigenvalue weighted by molar-refractivity contribution is 0.609. The summed E-state index contributed by atoms with van der Waals surface area (Å²) in [6, 6.07) is 9.94. The molecule has 0 aliphatic carbocycles. The number of nitrogens with one attached hydrogen (secondary N) is 2. The highest BCUT2D eigenvalue weighted by Gasteiger charge is 2.16. The van der Waals surface area contributed by atoms with Crippen LogP contribution in [0.1, 0.15) is 11.7 Å². The monoisotopic (exact) mass is 224 g/mol. The van der Waals surface area contributed by atoms with Crippen molar-refractivity contribution in [3.05, 3.63) is 60.7 Å². The highest BCUT2D eigenvalue weighted by Crippen LogP contribution is 2.25.